The van der Waals surface area contributed by atoms with Gasteiger partial charge in [0.05, 0.1) is 28.7 Å². The molecule has 1 heterocycles. The Morgan fingerprint density at radius 1 is 1.55 bits per heavy atom. The van der Waals surface area contributed by atoms with E-state index in [1.165, 1.54) is 16.8 Å². The highest BCUT2D eigenvalue weighted by Gasteiger charge is 2.19. The van der Waals surface area contributed by atoms with Crippen molar-refractivity contribution in [3.63, 3.8) is 0 Å². The second-order valence-electron chi connectivity index (χ2n) is 4.23. The molecule has 20 heavy (non-hydrogen) atoms. The average molecular weight is 273 g/mol. The Bertz CT molecular complexity index is 729. The number of halogens is 1. The van der Waals surface area contributed by atoms with Gasteiger partial charge in [0.1, 0.15) is 11.5 Å². The van der Waals surface area contributed by atoms with Crippen molar-refractivity contribution < 1.29 is 9.18 Å². The number of amides is 1. The molecule has 2 rings (SSSR count). The highest BCUT2D eigenvalue weighted by atomic mass is 19.1. The number of aromatic nitrogens is 2. The average Bonchev–Trinajstić information content (AvgIpc) is 2.65. The van der Waals surface area contributed by atoms with Crippen LogP contribution >= 0.6 is 0 Å². The number of aryl methyl sites for hydroxylation is 2. The molecular formula is C13H12FN5O. The van der Waals surface area contributed by atoms with Crippen LogP contribution in [0.1, 0.15) is 21.7 Å². The Kier molecular flexibility index (Phi) is 3.39. The van der Waals surface area contributed by atoms with Gasteiger partial charge in [0.25, 0.3) is 5.91 Å². The zero-order chi connectivity index (χ0) is 14.9. The summed E-state index contributed by atoms with van der Waals surface area (Å²) in [5.74, 6) is -1.25. The van der Waals surface area contributed by atoms with Crippen molar-refractivity contribution in [3.8, 4) is 6.07 Å². The molecule has 7 heteroatoms. The predicted molar refractivity (Wildman–Crippen MR) is 71.4 cm³/mol. The number of anilines is 2. The summed E-state index contributed by atoms with van der Waals surface area (Å²) in [6, 6.07) is 5.60. The van der Waals surface area contributed by atoms with Gasteiger partial charge >= 0.3 is 0 Å². The number of hydrogen-bond acceptors (Lipinski definition) is 4. The Hall–Kier alpha value is -2.88. The van der Waals surface area contributed by atoms with Gasteiger partial charge in [-0.1, -0.05) is 0 Å². The molecular weight excluding hydrogens is 261 g/mol. The maximum Gasteiger partial charge on any atom is 0.276 e. The monoisotopic (exact) mass is 273 g/mol. The molecule has 0 atom stereocenters. The largest absolute Gasteiger partial charge is 0.395 e. The van der Waals surface area contributed by atoms with Gasteiger partial charge in [0, 0.05) is 7.05 Å². The fourth-order valence-corrected chi connectivity index (χ4v) is 1.81. The van der Waals surface area contributed by atoms with Crippen LogP contribution in [0.15, 0.2) is 18.2 Å². The molecule has 1 amide bonds. The van der Waals surface area contributed by atoms with Crippen molar-refractivity contribution in [2.45, 2.75) is 6.92 Å². The van der Waals surface area contributed by atoms with E-state index in [2.05, 4.69) is 10.4 Å². The minimum Gasteiger partial charge on any atom is -0.395 e. The Labute approximate surface area is 114 Å². The molecule has 6 nitrogen and oxygen atoms in total. The Morgan fingerprint density at radius 2 is 2.25 bits per heavy atom. The molecule has 0 radical (unpaired) electrons. The molecule has 2 aromatic rings. The molecule has 0 unspecified atom stereocenters. The van der Waals surface area contributed by atoms with E-state index >= 15 is 0 Å². The first kappa shape index (κ1) is 13.5. The molecule has 0 aliphatic carbocycles. The van der Waals surface area contributed by atoms with E-state index in [9.17, 15) is 9.18 Å². The predicted octanol–water partition coefficient (Wildman–Crippen LogP) is 1.57. The standard InChI is InChI=1S/C13H12FN5O/c1-7-11(16)12(19(2)18-7)13(20)17-10-4-3-8(6-15)5-9(10)14/h3-5H,16H2,1-2H3,(H,17,20). The summed E-state index contributed by atoms with van der Waals surface area (Å²) in [5.41, 5.74) is 6.85. The van der Waals surface area contributed by atoms with Gasteiger partial charge < -0.3 is 11.1 Å². The highest BCUT2D eigenvalue weighted by molar-refractivity contribution is 6.06. The number of nitrogens with two attached hydrogens (primary N) is 1. The molecule has 0 aliphatic heterocycles. The van der Waals surface area contributed by atoms with Gasteiger partial charge in [-0.3, -0.25) is 9.48 Å². The zero-order valence-electron chi connectivity index (χ0n) is 10.9. The first-order valence-electron chi connectivity index (χ1n) is 5.74. The maximum absolute atomic E-state index is 13.7. The van der Waals surface area contributed by atoms with Crippen molar-refractivity contribution >= 4 is 17.3 Å². The summed E-state index contributed by atoms with van der Waals surface area (Å²) in [4.78, 5) is 12.1. The van der Waals surface area contributed by atoms with Gasteiger partial charge in [-0.05, 0) is 25.1 Å². The molecule has 0 aliphatic rings. The van der Waals surface area contributed by atoms with Crippen LogP contribution in [0.3, 0.4) is 0 Å². The third-order valence-electron chi connectivity index (χ3n) is 2.83. The van der Waals surface area contributed by atoms with Gasteiger partial charge in [-0.2, -0.15) is 10.4 Å². The van der Waals surface area contributed by atoms with Crippen LogP contribution in [-0.4, -0.2) is 15.7 Å². The SMILES string of the molecule is Cc1nn(C)c(C(=O)Nc2ccc(C#N)cc2F)c1N. The number of nitriles is 1. The van der Waals surface area contributed by atoms with Gasteiger partial charge in [-0.25, -0.2) is 4.39 Å². The van der Waals surface area contributed by atoms with Crippen molar-refractivity contribution in [1.29, 1.82) is 5.26 Å². The van der Waals surface area contributed by atoms with Crippen LogP contribution in [0.5, 0.6) is 0 Å². The summed E-state index contributed by atoms with van der Waals surface area (Å²) in [7, 11) is 1.58. The lowest BCUT2D eigenvalue weighted by Gasteiger charge is -2.07. The molecule has 1 aromatic heterocycles. The molecule has 0 saturated heterocycles. The molecule has 1 aromatic carbocycles. The smallest absolute Gasteiger partial charge is 0.276 e. The lowest BCUT2D eigenvalue weighted by molar-refractivity contribution is 0.101. The number of nitrogen functional groups attached to an aromatic ring is 1. The Morgan fingerprint density at radius 3 is 2.75 bits per heavy atom. The fourth-order valence-electron chi connectivity index (χ4n) is 1.81. The van der Waals surface area contributed by atoms with E-state index in [4.69, 9.17) is 11.0 Å². The number of carbonyl (C=O) groups is 1. The molecule has 0 bridgehead atoms. The van der Waals surface area contributed by atoms with E-state index in [0.29, 0.717) is 5.69 Å². The van der Waals surface area contributed by atoms with Crippen LogP contribution in [-0.2, 0) is 7.05 Å². The third kappa shape index (κ3) is 2.31. The van der Waals surface area contributed by atoms with Crippen LogP contribution in [0.2, 0.25) is 0 Å². The minimum atomic E-state index is -0.685. The number of nitrogens with zero attached hydrogens (tertiary/aromatic N) is 3. The van der Waals surface area contributed by atoms with Gasteiger partial charge in [-0.15, -0.1) is 0 Å². The maximum atomic E-state index is 13.7. The molecule has 102 valence electrons. The molecule has 0 saturated carbocycles. The zero-order valence-corrected chi connectivity index (χ0v) is 10.9. The van der Waals surface area contributed by atoms with Crippen LogP contribution in [0.4, 0.5) is 15.8 Å². The van der Waals surface area contributed by atoms with E-state index < -0.39 is 11.7 Å². The molecule has 3 N–H and O–H groups in total. The van der Waals surface area contributed by atoms with Crippen molar-refractivity contribution in [2.75, 3.05) is 11.1 Å². The first-order valence-corrected chi connectivity index (χ1v) is 5.74. The van der Waals surface area contributed by atoms with E-state index in [0.717, 1.165) is 6.07 Å². The van der Waals surface area contributed by atoms with Crippen molar-refractivity contribution in [2.24, 2.45) is 7.05 Å². The van der Waals surface area contributed by atoms with E-state index in [-0.39, 0.29) is 22.6 Å². The number of carbonyl (C=O) groups excluding carboxylic acids is 1. The molecule has 0 spiro atoms. The minimum absolute atomic E-state index is 0.0211. The topological polar surface area (TPSA) is 96.7 Å². The van der Waals surface area contributed by atoms with Crippen LogP contribution < -0.4 is 11.1 Å². The van der Waals surface area contributed by atoms with Gasteiger partial charge in [0.15, 0.2) is 0 Å². The molecule has 0 fully saturated rings. The normalized spacial score (nSPS) is 10.1. The third-order valence-corrected chi connectivity index (χ3v) is 2.83. The van der Waals surface area contributed by atoms with E-state index in [1.807, 2.05) is 6.07 Å². The lowest BCUT2D eigenvalue weighted by Crippen LogP contribution is -2.18. The number of rotatable bonds is 2. The second kappa shape index (κ2) is 5.01. The summed E-state index contributed by atoms with van der Waals surface area (Å²) >= 11 is 0. The number of nitrogens with one attached hydrogen (secondary N) is 1. The fraction of sp³-hybridized carbons (Fsp3) is 0.154. The Balaban J connectivity index is 2.31. The van der Waals surface area contributed by atoms with Crippen LogP contribution in [0, 0.1) is 24.1 Å². The van der Waals surface area contributed by atoms with Crippen molar-refractivity contribution in [3.05, 3.63) is 41.0 Å². The van der Waals surface area contributed by atoms with Crippen LogP contribution in [0.25, 0.3) is 0 Å². The number of hydrogen-bond donors (Lipinski definition) is 2. The van der Waals surface area contributed by atoms with Crippen molar-refractivity contribution in [1.82, 2.24) is 9.78 Å². The second-order valence-corrected chi connectivity index (χ2v) is 4.23. The summed E-state index contributed by atoms with van der Waals surface area (Å²) in [5, 5.41) is 15.1. The quantitative estimate of drug-likeness (QED) is 0.868. The summed E-state index contributed by atoms with van der Waals surface area (Å²) < 4.78 is 15.0. The van der Waals surface area contributed by atoms with Gasteiger partial charge in [0.2, 0.25) is 0 Å². The van der Waals surface area contributed by atoms with E-state index in [1.54, 1.807) is 14.0 Å². The summed E-state index contributed by atoms with van der Waals surface area (Å²) in [6.07, 6.45) is 0. The lowest BCUT2D eigenvalue weighted by atomic mass is 10.2. The first-order chi connectivity index (χ1) is 9.43. The highest BCUT2D eigenvalue weighted by Crippen LogP contribution is 2.20. The number of benzene rings is 1. The summed E-state index contributed by atoms with van der Waals surface area (Å²) in [6.45, 7) is 1.68.